The van der Waals surface area contributed by atoms with Crippen molar-refractivity contribution >= 4 is 10.9 Å². The number of hydrogen-bond acceptors (Lipinski definition) is 3. The summed E-state index contributed by atoms with van der Waals surface area (Å²) in [5.74, 6) is 0. The zero-order valence-electron chi connectivity index (χ0n) is 15.8. The molecule has 0 spiro atoms. The van der Waals surface area contributed by atoms with Crippen LogP contribution in [0.4, 0.5) is 0 Å². The van der Waals surface area contributed by atoms with E-state index >= 15 is 0 Å². The Labute approximate surface area is 163 Å². The summed E-state index contributed by atoms with van der Waals surface area (Å²) >= 11 is 0. The molecule has 142 valence electrons. The molecule has 1 atom stereocenters. The zero-order chi connectivity index (χ0) is 19.5. The highest BCUT2D eigenvalue weighted by atomic mass is 16.3. The highest BCUT2D eigenvalue weighted by Gasteiger charge is 2.08. The van der Waals surface area contributed by atoms with E-state index in [1.54, 1.807) is 28.4 Å². The fourth-order valence-corrected chi connectivity index (χ4v) is 3.44. The van der Waals surface area contributed by atoms with Gasteiger partial charge in [-0.25, -0.2) is 0 Å². The number of nitrogens with zero attached hydrogens (tertiary/aromatic N) is 3. The van der Waals surface area contributed by atoms with Crippen LogP contribution < -0.4 is 5.56 Å². The van der Waals surface area contributed by atoms with Gasteiger partial charge >= 0.3 is 0 Å². The van der Waals surface area contributed by atoms with Crippen molar-refractivity contribution in [3.63, 3.8) is 0 Å². The lowest BCUT2D eigenvalue weighted by atomic mass is 10.1. The first-order chi connectivity index (χ1) is 13.6. The molecule has 2 aromatic carbocycles. The molecule has 0 saturated heterocycles. The molecular weight excluding hydrogens is 350 g/mol. The molecule has 0 fully saturated rings. The molecule has 1 unspecified atom stereocenters. The molecule has 28 heavy (non-hydrogen) atoms. The number of aromatic nitrogens is 3. The monoisotopic (exact) mass is 373 g/mol. The highest BCUT2D eigenvalue weighted by Crippen LogP contribution is 2.18. The Morgan fingerprint density at radius 3 is 2.54 bits per heavy atom. The minimum atomic E-state index is -0.464. The van der Waals surface area contributed by atoms with Crippen molar-refractivity contribution in [1.82, 2.24) is 14.3 Å². The Kier molecular flexibility index (Phi) is 5.08. The predicted molar refractivity (Wildman–Crippen MR) is 111 cm³/mol. The van der Waals surface area contributed by atoms with E-state index in [2.05, 4.69) is 17.2 Å². The summed E-state index contributed by atoms with van der Waals surface area (Å²) in [6.45, 7) is 2.18. The molecule has 2 aromatic heterocycles. The van der Waals surface area contributed by atoms with Crippen LogP contribution in [0.3, 0.4) is 0 Å². The lowest BCUT2D eigenvalue weighted by Gasteiger charge is -2.09. The number of aryl methyl sites for hydroxylation is 2. The van der Waals surface area contributed by atoms with Crippen LogP contribution in [0.15, 0.2) is 77.9 Å². The van der Waals surface area contributed by atoms with Crippen LogP contribution in [-0.4, -0.2) is 25.6 Å². The average molecular weight is 373 g/mol. The van der Waals surface area contributed by atoms with Gasteiger partial charge in [0.1, 0.15) is 0 Å². The van der Waals surface area contributed by atoms with Gasteiger partial charge in [0, 0.05) is 23.3 Å². The largest absolute Gasteiger partial charge is 0.391 e. The lowest BCUT2D eigenvalue weighted by molar-refractivity contribution is 0.170. The van der Waals surface area contributed by atoms with Crippen LogP contribution in [-0.2, 0) is 19.4 Å². The quantitative estimate of drug-likeness (QED) is 0.564. The first kappa shape index (κ1) is 18.2. The summed E-state index contributed by atoms with van der Waals surface area (Å²) in [6, 6.07) is 19.8. The van der Waals surface area contributed by atoms with Crippen LogP contribution in [0.2, 0.25) is 0 Å². The van der Waals surface area contributed by atoms with Crippen LogP contribution in [0.1, 0.15) is 18.1 Å². The smallest absolute Gasteiger partial charge is 0.255 e. The molecule has 2 heterocycles. The van der Waals surface area contributed by atoms with Gasteiger partial charge in [0.25, 0.3) is 5.56 Å². The van der Waals surface area contributed by atoms with Crippen molar-refractivity contribution in [2.75, 3.05) is 0 Å². The number of pyridine rings is 1. The van der Waals surface area contributed by atoms with Gasteiger partial charge in [0.2, 0.25) is 0 Å². The highest BCUT2D eigenvalue weighted by molar-refractivity contribution is 5.80. The number of benzene rings is 2. The molecule has 0 radical (unpaired) electrons. The Morgan fingerprint density at radius 2 is 1.79 bits per heavy atom. The van der Waals surface area contributed by atoms with Gasteiger partial charge in [0.05, 0.1) is 24.4 Å². The van der Waals surface area contributed by atoms with Gasteiger partial charge in [-0.15, -0.1) is 0 Å². The summed E-state index contributed by atoms with van der Waals surface area (Å²) < 4.78 is 3.43. The summed E-state index contributed by atoms with van der Waals surface area (Å²) in [4.78, 5) is 12.6. The number of aliphatic hydroxyl groups excluding tert-OH is 1. The Hall–Kier alpha value is -3.18. The number of aliphatic hydroxyl groups is 1. The Morgan fingerprint density at radius 1 is 1.00 bits per heavy atom. The number of hydrogen-bond donors (Lipinski definition) is 1. The van der Waals surface area contributed by atoms with Crippen molar-refractivity contribution in [2.45, 2.75) is 32.4 Å². The third-order valence-electron chi connectivity index (χ3n) is 4.87. The molecular formula is C23H23N3O2. The topological polar surface area (TPSA) is 60.0 Å². The Balaban J connectivity index is 1.56. The molecule has 0 aliphatic rings. The van der Waals surface area contributed by atoms with Crippen LogP contribution in [0.5, 0.6) is 0 Å². The van der Waals surface area contributed by atoms with Gasteiger partial charge in [-0.2, -0.15) is 5.10 Å². The molecule has 5 heteroatoms. The summed E-state index contributed by atoms with van der Waals surface area (Å²) in [5, 5.41) is 14.9. The van der Waals surface area contributed by atoms with Crippen LogP contribution in [0.25, 0.3) is 16.6 Å². The van der Waals surface area contributed by atoms with Gasteiger partial charge in [-0.1, -0.05) is 30.3 Å². The minimum Gasteiger partial charge on any atom is -0.391 e. The normalized spacial score (nSPS) is 12.4. The number of rotatable bonds is 6. The lowest BCUT2D eigenvalue weighted by Crippen LogP contribution is -2.17. The first-order valence-electron chi connectivity index (χ1n) is 9.50. The minimum absolute atomic E-state index is 0.0405. The van der Waals surface area contributed by atoms with Crippen LogP contribution >= 0.6 is 0 Å². The molecule has 0 aliphatic carbocycles. The van der Waals surface area contributed by atoms with E-state index in [9.17, 15) is 9.90 Å². The molecule has 0 aliphatic heterocycles. The molecule has 0 saturated carbocycles. The van der Waals surface area contributed by atoms with E-state index in [4.69, 9.17) is 0 Å². The van der Waals surface area contributed by atoms with Gasteiger partial charge in [0.15, 0.2) is 0 Å². The second kappa shape index (κ2) is 7.82. The summed E-state index contributed by atoms with van der Waals surface area (Å²) in [6.07, 6.45) is 4.89. The SMILES string of the molecule is CC(O)Cn1ncc2cc(-n3ccc(CCc4ccccc4)cc3=O)ccc21. The van der Waals surface area contributed by atoms with Gasteiger partial charge in [-0.05, 0) is 55.2 Å². The fraction of sp³-hybridized carbons (Fsp3) is 0.217. The fourth-order valence-electron chi connectivity index (χ4n) is 3.44. The van der Waals surface area contributed by atoms with E-state index in [1.807, 2.05) is 48.7 Å². The first-order valence-corrected chi connectivity index (χ1v) is 9.50. The maximum Gasteiger partial charge on any atom is 0.255 e. The summed E-state index contributed by atoms with van der Waals surface area (Å²) in [7, 11) is 0. The number of fused-ring (bicyclic) bond motifs is 1. The van der Waals surface area contributed by atoms with E-state index in [1.165, 1.54) is 5.56 Å². The molecule has 0 amide bonds. The maximum atomic E-state index is 12.6. The van der Waals surface area contributed by atoms with Crippen molar-refractivity contribution in [2.24, 2.45) is 0 Å². The molecule has 4 aromatic rings. The van der Waals surface area contributed by atoms with E-state index in [0.29, 0.717) is 6.54 Å². The molecule has 1 N–H and O–H groups in total. The Bertz CT molecular complexity index is 1140. The van der Waals surface area contributed by atoms with Crippen LogP contribution in [0, 0.1) is 0 Å². The zero-order valence-corrected chi connectivity index (χ0v) is 15.8. The van der Waals surface area contributed by atoms with Crippen molar-refractivity contribution in [3.8, 4) is 5.69 Å². The summed E-state index contributed by atoms with van der Waals surface area (Å²) in [5.41, 5.74) is 4.02. The second-order valence-corrected chi connectivity index (χ2v) is 7.15. The third kappa shape index (κ3) is 3.89. The van der Waals surface area contributed by atoms with Crippen molar-refractivity contribution < 1.29 is 5.11 Å². The average Bonchev–Trinajstić information content (AvgIpc) is 3.08. The molecule has 5 nitrogen and oxygen atoms in total. The van der Waals surface area contributed by atoms with E-state index in [0.717, 1.165) is 35.0 Å². The van der Waals surface area contributed by atoms with E-state index in [-0.39, 0.29) is 5.56 Å². The second-order valence-electron chi connectivity index (χ2n) is 7.15. The standard InChI is InChI=1S/C23H23N3O2/c1-17(27)16-26-22-10-9-21(14-20(22)15-24-26)25-12-11-19(13-23(25)28)8-7-18-5-3-2-4-6-18/h2-6,9-15,17,27H,7-8,16H2,1H3. The molecule has 4 rings (SSSR count). The third-order valence-corrected chi connectivity index (χ3v) is 4.87. The van der Waals surface area contributed by atoms with Crippen molar-refractivity contribution in [3.05, 3.63) is 94.5 Å². The predicted octanol–water partition coefficient (Wildman–Crippen LogP) is 3.35. The molecule has 0 bridgehead atoms. The van der Waals surface area contributed by atoms with Crippen molar-refractivity contribution in [1.29, 1.82) is 0 Å². The van der Waals surface area contributed by atoms with Gasteiger partial charge in [-0.3, -0.25) is 14.0 Å². The maximum absolute atomic E-state index is 12.6. The van der Waals surface area contributed by atoms with E-state index < -0.39 is 6.10 Å². The van der Waals surface area contributed by atoms with Gasteiger partial charge < -0.3 is 5.11 Å².